The van der Waals surface area contributed by atoms with Crippen molar-refractivity contribution < 1.29 is 8.78 Å². The molecule has 126 valence electrons. The molecule has 1 aromatic heterocycles. The molecule has 7 heteroatoms. The van der Waals surface area contributed by atoms with Crippen molar-refractivity contribution in [3.8, 4) is 0 Å². The molecule has 1 fully saturated rings. The fourth-order valence-electron chi connectivity index (χ4n) is 3.21. The Morgan fingerprint density at radius 3 is 2.62 bits per heavy atom. The standard InChI is InChI=1S/C17H17F2N3O2/c18-12-5-3-10(7-13(12)19)14-6-4-11-15(20-14)21-17(24)22(16(11)23)8-9-1-2-9/h3,5,7,9,14,20H,1-2,4,6,8H2,(H,21,24)/t14-/m1/s1. The Morgan fingerprint density at radius 1 is 1.12 bits per heavy atom. The van der Waals surface area contributed by atoms with Crippen molar-refractivity contribution in [1.82, 2.24) is 9.55 Å². The van der Waals surface area contributed by atoms with E-state index in [1.165, 1.54) is 10.6 Å². The molecule has 2 aromatic rings. The summed E-state index contributed by atoms with van der Waals surface area (Å²) in [6.07, 6.45) is 3.16. The highest BCUT2D eigenvalue weighted by Crippen LogP contribution is 2.31. The maximum absolute atomic E-state index is 13.4. The van der Waals surface area contributed by atoms with E-state index in [0.717, 1.165) is 25.0 Å². The van der Waals surface area contributed by atoms with Crippen LogP contribution in [-0.2, 0) is 13.0 Å². The molecule has 1 saturated carbocycles. The summed E-state index contributed by atoms with van der Waals surface area (Å²) < 4.78 is 27.8. The molecule has 1 aliphatic heterocycles. The van der Waals surface area contributed by atoms with Crippen LogP contribution in [0.15, 0.2) is 27.8 Å². The monoisotopic (exact) mass is 333 g/mol. The first kappa shape index (κ1) is 15.1. The van der Waals surface area contributed by atoms with Gasteiger partial charge in [-0.25, -0.2) is 13.6 Å². The van der Waals surface area contributed by atoms with E-state index in [-0.39, 0.29) is 11.6 Å². The predicted molar refractivity (Wildman–Crippen MR) is 85.1 cm³/mol. The number of fused-ring (bicyclic) bond motifs is 1. The lowest BCUT2D eigenvalue weighted by atomic mass is 9.95. The molecule has 1 aliphatic carbocycles. The molecule has 0 amide bonds. The first-order valence-electron chi connectivity index (χ1n) is 8.10. The summed E-state index contributed by atoms with van der Waals surface area (Å²) in [7, 11) is 0. The number of anilines is 1. The molecule has 24 heavy (non-hydrogen) atoms. The van der Waals surface area contributed by atoms with Gasteiger partial charge in [0.05, 0.1) is 11.6 Å². The number of nitrogens with one attached hydrogen (secondary N) is 2. The average molecular weight is 333 g/mol. The zero-order chi connectivity index (χ0) is 16.8. The number of hydrogen-bond acceptors (Lipinski definition) is 3. The van der Waals surface area contributed by atoms with Crippen LogP contribution >= 0.6 is 0 Å². The quantitative estimate of drug-likeness (QED) is 0.906. The van der Waals surface area contributed by atoms with Crippen molar-refractivity contribution in [2.45, 2.75) is 38.3 Å². The number of hydrogen-bond donors (Lipinski definition) is 2. The van der Waals surface area contributed by atoms with Gasteiger partial charge >= 0.3 is 5.69 Å². The van der Waals surface area contributed by atoms with Crippen LogP contribution in [0.5, 0.6) is 0 Å². The Balaban J connectivity index is 1.66. The highest BCUT2D eigenvalue weighted by Gasteiger charge is 2.27. The lowest BCUT2D eigenvalue weighted by Crippen LogP contribution is -2.40. The Labute approximate surface area is 136 Å². The third-order valence-electron chi connectivity index (χ3n) is 4.77. The van der Waals surface area contributed by atoms with E-state index < -0.39 is 17.3 Å². The third-order valence-corrected chi connectivity index (χ3v) is 4.77. The van der Waals surface area contributed by atoms with E-state index in [0.29, 0.717) is 42.2 Å². The molecular formula is C17H17F2N3O2. The highest BCUT2D eigenvalue weighted by atomic mass is 19.2. The van der Waals surface area contributed by atoms with Crippen molar-refractivity contribution in [3.05, 3.63) is 61.8 Å². The van der Waals surface area contributed by atoms with Crippen molar-refractivity contribution in [2.24, 2.45) is 5.92 Å². The second-order valence-electron chi connectivity index (χ2n) is 6.55. The van der Waals surface area contributed by atoms with Crippen molar-refractivity contribution in [2.75, 3.05) is 5.32 Å². The van der Waals surface area contributed by atoms with Gasteiger partial charge < -0.3 is 5.32 Å². The Morgan fingerprint density at radius 2 is 1.92 bits per heavy atom. The number of rotatable bonds is 3. The van der Waals surface area contributed by atoms with Gasteiger partial charge in [-0.15, -0.1) is 0 Å². The van der Waals surface area contributed by atoms with Crippen LogP contribution in [0.4, 0.5) is 14.6 Å². The smallest absolute Gasteiger partial charge is 0.329 e. The molecule has 0 spiro atoms. The van der Waals surface area contributed by atoms with Gasteiger partial charge in [-0.2, -0.15) is 0 Å². The number of aromatic nitrogens is 2. The summed E-state index contributed by atoms with van der Waals surface area (Å²) in [6, 6.07) is 3.46. The zero-order valence-electron chi connectivity index (χ0n) is 12.9. The normalized spacial score (nSPS) is 19.7. The second-order valence-corrected chi connectivity index (χ2v) is 6.55. The summed E-state index contributed by atoms with van der Waals surface area (Å²) in [4.78, 5) is 27.4. The minimum absolute atomic E-state index is 0.253. The maximum Gasteiger partial charge on any atom is 0.329 e. The van der Waals surface area contributed by atoms with Crippen LogP contribution < -0.4 is 16.6 Å². The Hall–Kier alpha value is -2.44. The largest absolute Gasteiger partial charge is 0.364 e. The molecular weight excluding hydrogens is 316 g/mol. The molecule has 1 aromatic carbocycles. The van der Waals surface area contributed by atoms with Crippen molar-refractivity contribution in [1.29, 1.82) is 0 Å². The Bertz CT molecular complexity index is 915. The summed E-state index contributed by atoms with van der Waals surface area (Å²) in [5, 5.41) is 3.08. The summed E-state index contributed by atoms with van der Waals surface area (Å²) in [5.74, 6) is -0.994. The maximum atomic E-state index is 13.4. The van der Waals surface area contributed by atoms with Crippen LogP contribution in [0.2, 0.25) is 0 Å². The minimum Gasteiger partial charge on any atom is -0.364 e. The molecule has 0 saturated heterocycles. The van der Waals surface area contributed by atoms with Crippen LogP contribution in [0, 0.1) is 17.6 Å². The molecule has 1 atom stereocenters. The number of H-pyrrole nitrogens is 1. The van der Waals surface area contributed by atoms with Crippen LogP contribution in [-0.4, -0.2) is 9.55 Å². The fraction of sp³-hybridized carbons (Fsp3) is 0.412. The first-order chi connectivity index (χ1) is 11.5. The number of aromatic amines is 1. The summed E-state index contributed by atoms with van der Waals surface area (Å²) >= 11 is 0. The summed E-state index contributed by atoms with van der Waals surface area (Å²) in [6.45, 7) is 0.466. The average Bonchev–Trinajstić information content (AvgIpc) is 3.37. The summed E-state index contributed by atoms with van der Waals surface area (Å²) in [5.41, 5.74) is 0.456. The molecule has 2 N–H and O–H groups in total. The molecule has 0 unspecified atom stereocenters. The molecule has 2 heterocycles. The van der Waals surface area contributed by atoms with Crippen LogP contribution in [0.25, 0.3) is 0 Å². The predicted octanol–water partition coefficient (Wildman–Crippen LogP) is 2.32. The van der Waals surface area contributed by atoms with Gasteiger partial charge in [0, 0.05) is 6.54 Å². The van der Waals surface area contributed by atoms with E-state index in [2.05, 4.69) is 10.3 Å². The van der Waals surface area contributed by atoms with E-state index >= 15 is 0 Å². The van der Waals surface area contributed by atoms with Crippen LogP contribution in [0.1, 0.15) is 36.4 Å². The van der Waals surface area contributed by atoms with E-state index in [4.69, 9.17) is 0 Å². The van der Waals surface area contributed by atoms with Gasteiger partial charge in [-0.1, -0.05) is 6.07 Å². The molecule has 4 rings (SSSR count). The lowest BCUT2D eigenvalue weighted by Gasteiger charge is -2.27. The van der Waals surface area contributed by atoms with Gasteiger partial charge in [-0.05, 0) is 49.3 Å². The number of nitrogens with zero attached hydrogens (tertiary/aromatic N) is 1. The van der Waals surface area contributed by atoms with Crippen molar-refractivity contribution >= 4 is 5.82 Å². The zero-order valence-corrected chi connectivity index (χ0v) is 12.9. The molecule has 2 aliphatic rings. The minimum atomic E-state index is -0.909. The molecule has 0 radical (unpaired) electrons. The van der Waals surface area contributed by atoms with Gasteiger partial charge in [0.25, 0.3) is 5.56 Å². The van der Waals surface area contributed by atoms with Crippen LogP contribution in [0.3, 0.4) is 0 Å². The van der Waals surface area contributed by atoms with Crippen molar-refractivity contribution in [3.63, 3.8) is 0 Å². The Kier molecular flexibility index (Phi) is 3.51. The van der Waals surface area contributed by atoms with Gasteiger partial charge in [0.1, 0.15) is 5.82 Å². The fourth-order valence-corrected chi connectivity index (χ4v) is 3.21. The van der Waals surface area contributed by atoms with Gasteiger partial charge in [0.2, 0.25) is 0 Å². The van der Waals surface area contributed by atoms with Gasteiger partial charge in [-0.3, -0.25) is 14.3 Å². The van der Waals surface area contributed by atoms with E-state index in [1.54, 1.807) is 0 Å². The number of benzene rings is 1. The van der Waals surface area contributed by atoms with E-state index in [9.17, 15) is 18.4 Å². The van der Waals surface area contributed by atoms with E-state index in [1.807, 2.05) is 0 Å². The molecule has 0 bridgehead atoms. The van der Waals surface area contributed by atoms with Gasteiger partial charge in [0.15, 0.2) is 11.6 Å². The SMILES string of the molecule is O=c1[nH]c2c(c(=O)n1CC1CC1)CC[C@H](c1ccc(F)c(F)c1)N2. The third kappa shape index (κ3) is 2.64. The topological polar surface area (TPSA) is 66.9 Å². The second kappa shape index (κ2) is 5.58. The molecule has 5 nitrogen and oxygen atoms in total. The number of halogens is 2. The lowest BCUT2D eigenvalue weighted by molar-refractivity contribution is 0.504. The highest BCUT2D eigenvalue weighted by molar-refractivity contribution is 5.47. The first-order valence-corrected chi connectivity index (χ1v) is 8.10.